The van der Waals surface area contributed by atoms with Gasteiger partial charge in [-0.3, -0.25) is 0 Å². The van der Waals surface area contributed by atoms with Gasteiger partial charge in [0.15, 0.2) is 0 Å². The smallest absolute Gasteiger partial charge is 0.127 e. The van der Waals surface area contributed by atoms with Crippen LogP contribution in [0.2, 0.25) is 0 Å². The van der Waals surface area contributed by atoms with Crippen LogP contribution in [-0.4, -0.2) is 7.11 Å². The van der Waals surface area contributed by atoms with Crippen molar-refractivity contribution >= 4 is 12.6 Å². The number of methoxy groups -OCH3 is 1. The molecule has 0 bridgehead atoms. The number of hydrogen-bond acceptors (Lipinski definition) is 2. The second kappa shape index (κ2) is 2.78. The Morgan fingerprint density at radius 1 is 1.56 bits per heavy atom. The molecule has 1 nitrogen and oxygen atoms in total. The van der Waals surface area contributed by atoms with Crippen molar-refractivity contribution < 1.29 is 4.74 Å². The van der Waals surface area contributed by atoms with Gasteiger partial charge in [-0.25, -0.2) is 0 Å². The largest absolute Gasteiger partial charge is 0.496 e. The van der Waals surface area contributed by atoms with Gasteiger partial charge in [0.2, 0.25) is 0 Å². The monoisotopic (exact) mass is 139 g/mol. The van der Waals surface area contributed by atoms with Gasteiger partial charge in [-0.15, -0.1) is 12.6 Å². The Bertz CT molecular complexity index is 198. The third-order valence-electron chi connectivity index (χ3n) is 0.973. The molecule has 9 heavy (non-hydrogen) atoms. The molecule has 0 N–H and O–H groups in total. The van der Waals surface area contributed by atoms with Crippen LogP contribution in [0.1, 0.15) is 0 Å². The molecule has 1 radical (unpaired) electrons. The highest BCUT2D eigenvalue weighted by Gasteiger charge is 1.88. The molecule has 0 heterocycles. The van der Waals surface area contributed by atoms with Crippen LogP contribution < -0.4 is 4.74 Å². The zero-order valence-corrected chi connectivity index (χ0v) is 5.98. The van der Waals surface area contributed by atoms with Crippen LogP contribution in [0.15, 0.2) is 23.1 Å². The van der Waals surface area contributed by atoms with Crippen LogP contribution in [0.5, 0.6) is 5.75 Å². The molecule has 0 aliphatic carbocycles. The van der Waals surface area contributed by atoms with Gasteiger partial charge in [-0.2, -0.15) is 0 Å². The second-order valence-electron chi connectivity index (χ2n) is 1.60. The first-order chi connectivity index (χ1) is 4.33. The summed E-state index contributed by atoms with van der Waals surface area (Å²) in [5.41, 5.74) is 0. The van der Waals surface area contributed by atoms with Gasteiger partial charge < -0.3 is 4.74 Å². The van der Waals surface area contributed by atoms with Gasteiger partial charge in [-0.05, 0) is 12.1 Å². The highest BCUT2D eigenvalue weighted by molar-refractivity contribution is 7.80. The van der Waals surface area contributed by atoms with Crippen LogP contribution in [0.3, 0.4) is 0 Å². The predicted molar refractivity (Wildman–Crippen MR) is 39.1 cm³/mol. The van der Waals surface area contributed by atoms with E-state index in [-0.39, 0.29) is 0 Å². The van der Waals surface area contributed by atoms with E-state index in [9.17, 15) is 0 Å². The fourth-order valence-electron chi connectivity index (χ4n) is 0.555. The first kappa shape index (κ1) is 6.49. The van der Waals surface area contributed by atoms with E-state index in [1.54, 1.807) is 7.11 Å². The van der Waals surface area contributed by atoms with Crippen LogP contribution in [0.25, 0.3) is 0 Å². The predicted octanol–water partition coefficient (Wildman–Crippen LogP) is 1.78. The number of hydrogen-bond donors (Lipinski definition) is 1. The quantitative estimate of drug-likeness (QED) is 0.583. The first-order valence-corrected chi connectivity index (χ1v) is 3.03. The van der Waals surface area contributed by atoms with Crippen molar-refractivity contribution in [2.45, 2.75) is 4.90 Å². The molecule has 0 unspecified atom stereocenters. The Hall–Kier alpha value is -0.630. The number of thiol groups is 1. The van der Waals surface area contributed by atoms with Crippen LogP contribution in [-0.2, 0) is 0 Å². The summed E-state index contributed by atoms with van der Waals surface area (Å²) in [7, 11) is 1.61. The molecule has 0 atom stereocenters. The Labute approximate surface area is 60.1 Å². The average Bonchev–Trinajstić information content (AvgIpc) is 1.88. The Morgan fingerprint density at radius 3 is 2.78 bits per heavy atom. The van der Waals surface area contributed by atoms with Crippen LogP contribution >= 0.6 is 12.6 Å². The van der Waals surface area contributed by atoms with Crippen molar-refractivity contribution in [1.82, 2.24) is 0 Å². The van der Waals surface area contributed by atoms with Gasteiger partial charge in [0, 0.05) is 11.0 Å². The normalized spacial score (nSPS) is 9.11. The molecule has 0 amide bonds. The lowest BCUT2D eigenvalue weighted by Gasteiger charge is -1.96. The maximum absolute atomic E-state index is 4.89. The molecule has 0 aliphatic heterocycles. The summed E-state index contributed by atoms with van der Waals surface area (Å²) < 4.78 is 4.89. The summed E-state index contributed by atoms with van der Waals surface area (Å²) in [4.78, 5) is 0.800. The van der Waals surface area contributed by atoms with Gasteiger partial charge in [0.1, 0.15) is 5.75 Å². The Balaban J connectivity index is 2.94. The zero-order valence-electron chi connectivity index (χ0n) is 5.09. The standard InChI is InChI=1S/C7H7OS/c1-8-6-3-2-4-7(9)5-6/h2-4,9H,1H3. The Kier molecular flexibility index (Phi) is 2.01. The molecule has 0 saturated heterocycles. The van der Waals surface area contributed by atoms with Crippen molar-refractivity contribution in [3.8, 4) is 5.75 Å². The minimum atomic E-state index is 0.725. The van der Waals surface area contributed by atoms with Gasteiger partial charge >= 0.3 is 0 Å². The lowest BCUT2D eigenvalue weighted by Crippen LogP contribution is -1.80. The fraction of sp³-hybridized carbons (Fsp3) is 0.143. The number of rotatable bonds is 1. The fourth-order valence-corrected chi connectivity index (χ4v) is 0.752. The molecule has 1 aromatic carbocycles. The van der Waals surface area contributed by atoms with E-state index in [1.807, 2.05) is 18.2 Å². The van der Waals surface area contributed by atoms with Crippen LogP contribution in [0.4, 0.5) is 0 Å². The summed E-state index contributed by atoms with van der Waals surface area (Å²) in [6, 6.07) is 8.46. The van der Waals surface area contributed by atoms with Crippen molar-refractivity contribution in [3.05, 3.63) is 24.3 Å². The summed E-state index contributed by atoms with van der Waals surface area (Å²) in [5.74, 6) is 0.725. The summed E-state index contributed by atoms with van der Waals surface area (Å²) >= 11 is 4.07. The van der Waals surface area contributed by atoms with Crippen LogP contribution in [0, 0.1) is 6.07 Å². The summed E-state index contributed by atoms with van der Waals surface area (Å²) in [6.45, 7) is 0. The Morgan fingerprint density at radius 2 is 2.33 bits per heavy atom. The van der Waals surface area contributed by atoms with E-state index >= 15 is 0 Å². The van der Waals surface area contributed by atoms with E-state index in [2.05, 4.69) is 18.7 Å². The maximum atomic E-state index is 4.89. The average molecular weight is 139 g/mol. The zero-order chi connectivity index (χ0) is 6.69. The first-order valence-electron chi connectivity index (χ1n) is 2.58. The van der Waals surface area contributed by atoms with Gasteiger partial charge in [0.25, 0.3) is 0 Å². The molecule has 0 aliphatic rings. The van der Waals surface area contributed by atoms with Gasteiger partial charge in [0.05, 0.1) is 7.11 Å². The molecule has 1 rings (SSSR count). The molecule has 1 aromatic rings. The van der Waals surface area contributed by atoms with E-state index in [1.165, 1.54) is 0 Å². The lowest BCUT2D eigenvalue weighted by atomic mass is 10.3. The highest BCUT2D eigenvalue weighted by Crippen LogP contribution is 2.13. The second-order valence-corrected chi connectivity index (χ2v) is 2.09. The molecule has 47 valence electrons. The molecule has 0 fully saturated rings. The van der Waals surface area contributed by atoms with E-state index in [0.717, 1.165) is 10.6 Å². The summed E-state index contributed by atoms with van der Waals surface area (Å²) in [6.07, 6.45) is 0. The topological polar surface area (TPSA) is 9.23 Å². The van der Waals surface area contributed by atoms with E-state index < -0.39 is 0 Å². The van der Waals surface area contributed by atoms with Crippen molar-refractivity contribution in [3.63, 3.8) is 0 Å². The van der Waals surface area contributed by atoms with Crippen molar-refractivity contribution in [2.75, 3.05) is 7.11 Å². The molecular formula is C7H7OS. The number of benzene rings is 1. The molecule has 0 saturated carbocycles. The van der Waals surface area contributed by atoms with Gasteiger partial charge in [-0.1, -0.05) is 6.07 Å². The minimum Gasteiger partial charge on any atom is -0.496 e. The van der Waals surface area contributed by atoms with Crippen molar-refractivity contribution in [2.24, 2.45) is 0 Å². The SMILES string of the molecule is COc1[c]c(S)ccc1. The molecule has 0 spiro atoms. The molecule has 2 heteroatoms. The molecular weight excluding hydrogens is 132 g/mol. The third kappa shape index (κ3) is 1.64. The minimum absolute atomic E-state index is 0.725. The third-order valence-corrected chi connectivity index (χ3v) is 1.23. The highest BCUT2D eigenvalue weighted by atomic mass is 32.1. The number of ether oxygens (including phenoxy) is 1. The van der Waals surface area contributed by atoms with E-state index in [0.29, 0.717) is 0 Å². The molecule has 0 aromatic heterocycles. The maximum Gasteiger partial charge on any atom is 0.127 e. The van der Waals surface area contributed by atoms with Crippen molar-refractivity contribution in [1.29, 1.82) is 0 Å². The summed E-state index contributed by atoms with van der Waals surface area (Å²) in [5, 5.41) is 0. The lowest BCUT2D eigenvalue weighted by molar-refractivity contribution is 0.412. The van der Waals surface area contributed by atoms with E-state index in [4.69, 9.17) is 4.74 Å².